The Morgan fingerprint density at radius 1 is 1.38 bits per heavy atom. The van der Waals surface area contributed by atoms with Crippen molar-refractivity contribution < 1.29 is 19.4 Å². The molecule has 4 heteroatoms. The summed E-state index contributed by atoms with van der Waals surface area (Å²) < 4.78 is 5.13. The van der Waals surface area contributed by atoms with Gasteiger partial charge in [-0.15, -0.1) is 0 Å². The Bertz CT molecular complexity index is 409. The maximum Gasteiger partial charge on any atom is 0.372 e. The second-order valence-corrected chi connectivity index (χ2v) is 3.54. The maximum absolute atomic E-state index is 11.0. The number of benzene rings is 1. The van der Waals surface area contributed by atoms with E-state index in [2.05, 4.69) is 0 Å². The lowest BCUT2D eigenvalue weighted by Gasteiger charge is -2.08. The van der Waals surface area contributed by atoms with E-state index in [0.29, 0.717) is 12.2 Å². The molecular formula is C12H14O4. The van der Waals surface area contributed by atoms with Crippen molar-refractivity contribution in [3.05, 3.63) is 29.3 Å². The fourth-order valence-corrected chi connectivity index (χ4v) is 1.46. The van der Waals surface area contributed by atoms with Gasteiger partial charge < -0.3 is 9.84 Å². The first-order chi connectivity index (χ1) is 7.54. The monoisotopic (exact) mass is 222 g/mol. The molecule has 1 aromatic rings. The van der Waals surface area contributed by atoms with Gasteiger partial charge in [-0.3, -0.25) is 4.79 Å². The van der Waals surface area contributed by atoms with Crippen LogP contribution in [-0.4, -0.2) is 24.0 Å². The smallest absolute Gasteiger partial charge is 0.372 e. The van der Waals surface area contributed by atoms with Gasteiger partial charge in [0, 0.05) is 6.42 Å². The lowest BCUT2D eigenvalue weighted by molar-refractivity contribution is -0.149. The van der Waals surface area contributed by atoms with Crippen LogP contribution in [0, 0.1) is 6.92 Å². The fourth-order valence-electron chi connectivity index (χ4n) is 1.46. The highest BCUT2D eigenvalue weighted by Crippen LogP contribution is 2.21. The van der Waals surface area contributed by atoms with Crippen LogP contribution in [0.5, 0.6) is 5.75 Å². The highest BCUT2D eigenvalue weighted by atomic mass is 16.5. The quantitative estimate of drug-likeness (QED) is 0.768. The van der Waals surface area contributed by atoms with Crippen LogP contribution in [0.1, 0.15) is 17.5 Å². The Morgan fingerprint density at radius 2 is 2.06 bits per heavy atom. The second-order valence-electron chi connectivity index (χ2n) is 3.54. The summed E-state index contributed by atoms with van der Waals surface area (Å²) in [6, 6.07) is 5.62. The Kier molecular flexibility index (Phi) is 4.05. The number of ether oxygens (including phenoxy) is 1. The van der Waals surface area contributed by atoms with Crippen molar-refractivity contribution in [2.24, 2.45) is 0 Å². The number of hydrogen-bond acceptors (Lipinski definition) is 3. The molecule has 16 heavy (non-hydrogen) atoms. The fraction of sp³-hybridized carbons (Fsp3) is 0.333. The SMILES string of the molecule is COc1ccc(C)cc1CCC(=O)C(=O)O. The molecule has 0 spiro atoms. The molecular weight excluding hydrogens is 208 g/mol. The van der Waals surface area contributed by atoms with Gasteiger partial charge in [-0.1, -0.05) is 17.7 Å². The molecule has 0 radical (unpaired) electrons. The van der Waals surface area contributed by atoms with Crippen molar-refractivity contribution in [1.29, 1.82) is 0 Å². The third kappa shape index (κ3) is 3.08. The lowest BCUT2D eigenvalue weighted by atomic mass is 10.0. The molecule has 0 saturated heterocycles. The minimum Gasteiger partial charge on any atom is -0.496 e. The van der Waals surface area contributed by atoms with Gasteiger partial charge in [-0.25, -0.2) is 4.79 Å². The van der Waals surface area contributed by atoms with E-state index in [1.165, 1.54) is 0 Å². The molecule has 0 heterocycles. The number of carboxylic acids is 1. The van der Waals surface area contributed by atoms with Crippen LogP contribution in [0.15, 0.2) is 18.2 Å². The maximum atomic E-state index is 11.0. The summed E-state index contributed by atoms with van der Waals surface area (Å²) >= 11 is 0. The minimum absolute atomic E-state index is 0.00481. The zero-order chi connectivity index (χ0) is 12.1. The number of ketones is 1. The molecule has 0 unspecified atom stereocenters. The number of hydrogen-bond donors (Lipinski definition) is 1. The summed E-state index contributed by atoms with van der Waals surface area (Å²) in [6.07, 6.45) is 0.380. The molecule has 0 bridgehead atoms. The Hall–Kier alpha value is -1.84. The first-order valence-corrected chi connectivity index (χ1v) is 4.94. The average Bonchev–Trinajstić information content (AvgIpc) is 2.25. The molecule has 0 fully saturated rings. The van der Waals surface area contributed by atoms with Crippen LogP contribution < -0.4 is 4.74 Å². The number of Topliss-reactive ketones (excluding diaryl/α,β-unsaturated/α-hetero) is 1. The number of aliphatic carboxylic acids is 1. The van der Waals surface area contributed by atoms with Crippen molar-refractivity contribution in [3.8, 4) is 5.75 Å². The molecule has 0 aromatic heterocycles. The van der Waals surface area contributed by atoms with Gasteiger partial charge in [0.2, 0.25) is 5.78 Å². The normalized spacial score (nSPS) is 9.88. The number of carbonyl (C=O) groups excluding carboxylic acids is 1. The summed E-state index contributed by atoms with van der Waals surface area (Å²) in [5, 5.41) is 8.46. The van der Waals surface area contributed by atoms with Crippen LogP contribution in [-0.2, 0) is 16.0 Å². The number of rotatable bonds is 5. The van der Waals surface area contributed by atoms with Crippen molar-refractivity contribution >= 4 is 11.8 Å². The van der Waals surface area contributed by atoms with E-state index in [0.717, 1.165) is 11.1 Å². The second kappa shape index (κ2) is 5.30. The van der Waals surface area contributed by atoms with E-state index < -0.39 is 11.8 Å². The standard InChI is InChI=1S/C12H14O4/c1-8-3-6-11(16-2)9(7-8)4-5-10(13)12(14)15/h3,6-7H,4-5H2,1-2H3,(H,14,15). The molecule has 1 rings (SSSR count). The number of carbonyl (C=O) groups is 2. The van der Waals surface area contributed by atoms with Gasteiger partial charge in [0.25, 0.3) is 0 Å². The highest BCUT2D eigenvalue weighted by molar-refractivity contribution is 6.32. The van der Waals surface area contributed by atoms with Crippen LogP contribution in [0.3, 0.4) is 0 Å². The van der Waals surface area contributed by atoms with Crippen LogP contribution in [0.4, 0.5) is 0 Å². The number of methoxy groups -OCH3 is 1. The van der Waals surface area contributed by atoms with E-state index in [1.54, 1.807) is 7.11 Å². The summed E-state index contributed by atoms with van der Waals surface area (Å²) in [5.74, 6) is -1.47. The summed E-state index contributed by atoms with van der Waals surface area (Å²) in [6.45, 7) is 1.93. The molecule has 0 amide bonds. The minimum atomic E-state index is -1.38. The highest BCUT2D eigenvalue weighted by Gasteiger charge is 2.12. The summed E-state index contributed by atoms with van der Waals surface area (Å²) in [5.41, 5.74) is 1.91. The molecule has 1 aromatic carbocycles. The molecule has 0 aliphatic carbocycles. The molecule has 0 atom stereocenters. The van der Waals surface area contributed by atoms with Crippen LogP contribution >= 0.6 is 0 Å². The van der Waals surface area contributed by atoms with Gasteiger partial charge in [0.05, 0.1) is 7.11 Å². The zero-order valence-electron chi connectivity index (χ0n) is 9.32. The van der Waals surface area contributed by atoms with Crippen molar-refractivity contribution in [2.45, 2.75) is 19.8 Å². The number of carboxylic acid groups (broad SMARTS) is 1. The van der Waals surface area contributed by atoms with E-state index in [4.69, 9.17) is 9.84 Å². The van der Waals surface area contributed by atoms with Crippen molar-refractivity contribution in [2.75, 3.05) is 7.11 Å². The van der Waals surface area contributed by atoms with Crippen LogP contribution in [0.25, 0.3) is 0 Å². The Morgan fingerprint density at radius 3 is 2.62 bits per heavy atom. The van der Waals surface area contributed by atoms with E-state index in [9.17, 15) is 9.59 Å². The first-order valence-electron chi connectivity index (χ1n) is 4.94. The van der Waals surface area contributed by atoms with Gasteiger partial charge in [0.15, 0.2) is 0 Å². The lowest BCUT2D eigenvalue weighted by Crippen LogP contribution is -2.13. The molecule has 4 nitrogen and oxygen atoms in total. The molecule has 0 aliphatic heterocycles. The summed E-state index contributed by atoms with van der Waals surface area (Å²) in [4.78, 5) is 21.3. The van der Waals surface area contributed by atoms with Gasteiger partial charge >= 0.3 is 5.97 Å². The van der Waals surface area contributed by atoms with Gasteiger partial charge in [0.1, 0.15) is 5.75 Å². The average molecular weight is 222 g/mol. The van der Waals surface area contributed by atoms with E-state index in [-0.39, 0.29) is 6.42 Å². The molecule has 86 valence electrons. The molecule has 1 N–H and O–H groups in total. The number of aryl methyl sites for hydroxylation is 2. The predicted octanol–water partition coefficient (Wildman–Crippen LogP) is 1.59. The van der Waals surface area contributed by atoms with Crippen LogP contribution in [0.2, 0.25) is 0 Å². The van der Waals surface area contributed by atoms with Crippen molar-refractivity contribution in [3.63, 3.8) is 0 Å². The van der Waals surface area contributed by atoms with E-state index in [1.807, 2.05) is 25.1 Å². The first kappa shape index (κ1) is 12.2. The predicted molar refractivity (Wildman–Crippen MR) is 58.7 cm³/mol. The Balaban J connectivity index is 2.76. The van der Waals surface area contributed by atoms with Gasteiger partial charge in [-0.2, -0.15) is 0 Å². The molecule has 0 saturated carbocycles. The zero-order valence-corrected chi connectivity index (χ0v) is 9.32. The third-order valence-corrected chi connectivity index (χ3v) is 2.30. The Labute approximate surface area is 93.9 Å². The van der Waals surface area contributed by atoms with Gasteiger partial charge in [-0.05, 0) is 25.0 Å². The third-order valence-electron chi connectivity index (χ3n) is 2.30. The summed E-state index contributed by atoms with van der Waals surface area (Å²) in [7, 11) is 1.55. The molecule has 0 aliphatic rings. The topological polar surface area (TPSA) is 63.6 Å². The largest absolute Gasteiger partial charge is 0.496 e. The van der Waals surface area contributed by atoms with Crippen molar-refractivity contribution in [1.82, 2.24) is 0 Å². The van der Waals surface area contributed by atoms with E-state index >= 15 is 0 Å².